The Morgan fingerprint density at radius 3 is 2.37 bits per heavy atom. The van der Waals surface area contributed by atoms with Gasteiger partial charge < -0.3 is 21.1 Å². The van der Waals surface area contributed by atoms with Crippen molar-refractivity contribution < 1.29 is 19.5 Å². The number of benzene rings is 4. The number of carbonyl (C=O) groups excluding carboxylic acids is 2. The fourth-order valence-electron chi connectivity index (χ4n) is 4.21. The Labute approximate surface area is 246 Å². The largest absolute Gasteiger partial charge is 0.465 e. The van der Waals surface area contributed by atoms with E-state index in [0.717, 1.165) is 16.6 Å². The second-order valence-corrected chi connectivity index (χ2v) is 9.18. The Hall–Kier alpha value is -6.47. The van der Waals surface area contributed by atoms with Crippen LogP contribution in [0.15, 0.2) is 103 Å². The Bertz CT molecular complexity index is 1930. The van der Waals surface area contributed by atoms with E-state index >= 15 is 0 Å². The van der Waals surface area contributed by atoms with Crippen molar-refractivity contribution in [2.75, 3.05) is 21.3 Å². The van der Waals surface area contributed by atoms with Crippen molar-refractivity contribution in [1.29, 1.82) is 0 Å². The smallest absolute Gasteiger partial charge is 0.409 e. The lowest BCUT2D eigenvalue weighted by Crippen LogP contribution is -2.13. The van der Waals surface area contributed by atoms with Gasteiger partial charge >= 0.3 is 6.09 Å². The van der Waals surface area contributed by atoms with Crippen LogP contribution in [0.5, 0.6) is 0 Å². The molecule has 0 fully saturated rings. The third kappa shape index (κ3) is 7.19. The molecule has 0 radical (unpaired) electrons. The number of para-hydroxylation sites is 2. The number of nitrogens with one attached hydrogen (secondary N) is 4. The van der Waals surface area contributed by atoms with Crippen molar-refractivity contribution in [3.8, 4) is 12.3 Å². The predicted octanol–water partition coefficient (Wildman–Crippen LogP) is 6.35. The number of nitrogens with zero attached hydrogens (tertiary/aromatic N) is 2. The molecule has 1 aromatic heterocycles. The molecule has 0 aliphatic rings. The fourth-order valence-corrected chi connectivity index (χ4v) is 4.21. The lowest BCUT2D eigenvalue weighted by molar-refractivity contribution is -0.111. The first kappa shape index (κ1) is 28.1. The van der Waals surface area contributed by atoms with Gasteiger partial charge in [-0.2, -0.15) is 0 Å². The first-order chi connectivity index (χ1) is 20.9. The van der Waals surface area contributed by atoms with Gasteiger partial charge in [0.1, 0.15) is 12.1 Å². The minimum absolute atomic E-state index is 0.248. The molecule has 0 saturated carbocycles. The molecule has 0 aliphatic heterocycles. The zero-order valence-corrected chi connectivity index (χ0v) is 22.5. The van der Waals surface area contributed by atoms with Crippen LogP contribution in [0, 0.1) is 12.3 Å². The third-order valence-electron chi connectivity index (χ3n) is 6.19. The van der Waals surface area contributed by atoms with Crippen LogP contribution in [0.3, 0.4) is 0 Å². The number of terminal acetylenes is 1. The molecule has 43 heavy (non-hydrogen) atoms. The topological polar surface area (TPSA) is 145 Å². The third-order valence-corrected chi connectivity index (χ3v) is 6.19. The summed E-state index contributed by atoms with van der Waals surface area (Å²) in [5.41, 5.74) is 4.28. The van der Waals surface area contributed by atoms with Crippen molar-refractivity contribution in [3.05, 3.63) is 120 Å². The van der Waals surface area contributed by atoms with Gasteiger partial charge in [0, 0.05) is 34.0 Å². The lowest BCUT2D eigenvalue weighted by atomic mass is 10.1. The van der Waals surface area contributed by atoms with Crippen LogP contribution in [0.25, 0.3) is 17.0 Å². The molecule has 210 valence electrons. The van der Waals surface area contributed by atoms with E-state index in [1.54, 1.807) is 60.7 Å². The normalized spacial score (nSPS) is 10.6. The van der Waals surface area contributed by atoms with Crippen LogP contribution in [-0.4, -0.2) is 33.0 Å². The second-order valence-electron chi connectivity index (χ2n) is 9.18. The number of hydrogen-bond acceptors (Lipinski definition) is 6. The van der Waals surface area contributed by atoms with Gasteiger partial charge in [-0.25, -0.2) is 14.8 Å². The molecule has 1 heterocycles. The van der Waals surface area contributed by atoms with E-state index in [1.807, 2.05) is 30.3 Å². The van der Waals surface area contributed by atoms with Gasteiger partial charge in [-0.05, 0) is 72.3 Å². The first-order valence-corrected chi connectivity index (χ1v) is 13.0. The van der Waals surface area contributed by atoms with Crippen molar-refractivity contribution in [2.45, 2.75) is 0 Å². The molecule has 0 saturated heterocycles. The highest BCUT2D eigenvalue weighted by atomic mass is 16.4. The zero-order valence-electron chi connectivity index (χ0n) is 22.5. The molecule has 0 aliphatic carbocycles. The summed E-state index contributed by atoms with van der Waals surface area (Å²) in [4.78, 5) is 45.2. The Balaban J connectivity index is 1.26. The highest BCUT2D eigenvalue weighted by Gasteiger charge is 2.11. The predicted molar refractivity (Wildman–Crippen MR) is 167 cm³/mol. The Morgan fingerprint density at radius 2 is 1.58 bits per heavy atom. The quantitative estimate of drug-likeness (QED) is 0.108. The van der Waals surface area contributed by atoms with E-state index in [4.69, 9.17) is 11.5 Å². The molecule has 5 aromatic rings. The average molecular weight is 569 g/mol. The van der Waals surface area contributed by atoms with Crippen LogP contribution in [-0.2, 0) is 4.79 Å². The van der Waals surface area contributed by atoms with Crippen LogP contribution in [0.1, 0.15) is 21.5 Å². The number of aromatic nitrogens is 2. The molecule has 4 aromatic carbocycles. The molecule has 0 unspecified atom stereocenters. The van der Waals surface area contributed by atoms with Gasteiger partial charge in [-0.1, -0.05) is 36.3 Å². The summed E-state index contributed by atoms with van der Waals surface area (Å²) < 4.78 is 0. The van der Waals surface area contributed by atoms with E-state index in [2.05, 4.69) is 37.2 Å². The van der Waals surface area contributed by atoms with Gasteiger partial charge in [0.05, 0.1) is 16.9 Å². The molecule has 0 bridgehead atoms. The maximum absolute atomic E-state index is 13.0. The van der Waals surface area contributed by atoms with Gasteiger partial charge in [0.2, 0.25) is 5.91 Å². The van der Waals surface area contributed by atoms with Crippen LogP contribution < -0.4 is 21.3 Å². The second kappa shape index (κ2) is 12.8. The summed E-state index contributed by atoms with van der Waals surface area (Å²) in [6, 6.07) is 26.0. The number of hydrogen-bond donors (Lipinski definition) is 5. The number of carbonyl (C=O) groups is 3. The molecule has 5 N–H and O–H groups in total. The van der Waals surface area contributed by atoms with E-state index in [9.17, 15) is 14.4 Å². The Morgan fingerprint density at radius 1 is 0.791 bits per heavy atom. The zero-order chi connectivity index (χ0) is 30.2. The first-order valence-electron chi connectivity index (χ1n) is 13.0. The highest BCUT2D eigenvalue weighted by molar-refractivity contribution is 6.07. The van der Waals surface area contributed by atoms with E-state index in [0.29, 0.717) is 33.8 Å². The number of fused-ring (bicyclic) bond motifs is 1. The van der Waals surface area contributed by atoms with Crippen LogP contribution >= 0.6 is 0 Å². The number of carboxylic acid groups (broad SMARTS) is 1. The van der Waals surface area contributed by atoms with Gasteiger partial charge in [-0.3, -0.25) is 14.9 Å². The van der Waals surface area contributed by atoms with E-state index in [1.165, 1.54) is 18.5 Å². The number of rotatable bonds is 8. The van der Waals surface area contributed by atoms with Crippen molar-refractivity contribution in [1.82, 2.24) is 9.97 Å². The standard InChI is InChI=1S/C33H24N6O4/c1-2-21-7-6-10-24(18-21)36-31-26-15-14-25(19-29(26)34-20-35-31)37-32(41)23-9-5-8-22(17-23)13-16-30(40)38-27-11-3-4-12-28(27)39-33(42)43/h1,3-20,39H,(H,37,41)(H,38,40)(H,42,43)(H,34,35,36). The molecule has 3 amide bonds. The fraction of sp³-hybridized carbons (Fsp3) is 0. The summed E-state index contributed by atoms with van der Waals surface area (Å²) in [5, 5.41) is 20.8. The maximum Gasteiger partial charge on any atom is 0.409 e. The number of anilines is 5. The average Bonchev–Trinajstić information content (AvgIpc) is 3.01. The maximum atomic E-state index is 13.0. The van der Waals surface area contributed by atoms with Crippen LogP contribution in [0.4, 0.5) is 33.4 Å². The molecule has 0 atom stereocenters. The minimum atomic E-state index is -1.24. The summed E-state index contributed by atoms with van der Waals surface area (Å²) in [7, 11) is 0. The molecular weight excluding hydrogens is 544 g/mol. The highest BCUT2D eigenvalue weighted by Crippen LogP contribution is 2.26. The molecular formula is C33H24N6O4. The van der Waals surface area contributed by atoms with Crippen LogP contribution in [0.2, 0.25) is 0 Å². The molecule has 10 nitrogen and oxygen atoms in total. The monoisotopic (exact) mass is 568 g/mol. The Kier molecular flexibility index (Phi) is 8.36. The summed E-state index contributed by atoms with van der Waals surface area (Å²) in [6.07, 6.45) is 8.55. The minimum Gasteiger partial charge on any atom is -0.465 e. The molecule has 5 rings (SSSR count). The van der Waals surface area contributed by atoms with Crippen molar-refractivity contribution >= 4 is 63.5 Å². The van der Waals surface area contributed by atoms with Gasteiger partial charge in [-0.15, -0.1) is 6.42 Å². The summed E-state index contributed by atoms with van der Waals surface area (Å²) in [6.45, 7) is 0. The summed E-state index contributed by atoms with van der Waals surface area (Å²) in [5.74, 6) is 2.40. The van der Waals surface area contributed by atoms with Crippen molar-refractivity contribution in [2.24, 2.45) is 0 Å². The molecule has 0 spiro atoms. The van der Waals surface area contributed by atoms with Crippen molar-refractivity contribution in [3.63, 3.8) is 0 Å². The van der Waals surface area contributed by atoms with Gasteiger partial charge in [0.15, 0.2) is 0 Å². The lowest BCUT2D eigenvalue weighted by Gasteiger charge is -2.11. The van der Waals surface area contributed by atoms with Gasteiger partial charge in [0.25, 0.3) is 5.91 Å². The number of amides is 3. The SMILES string of the molecule is C#Cc1cccc(Nc2ncnc3cc(NC(=O)c4cccc(C=CC(=O)Nc5ccccc5NC(=O)O)c4)ccc23)c1. The van der Waals surface area contributed by atoms with E-state index in [-0.39, 0.29) is 11.6 Å². The van der Waals surface area contributed by atoms with E-state index < -0.39 is 12.0 Å². The molecule has 10 heteroatoms. The summed E-state index contributed by atoms with van der Waals surface area (Å²) >= 11 is 0.